The third-order valence-corrected chi connectivity index (χ3v) is 3.58. The van der Waals surface area contributed by atoms with Crippen molar-refractivity contribution < 1.29 is 4.79 Å². The van der Waals surface area contributed by atoms with Crippen molar-refractivity contribution >= 4 is 34.4 Å². The largest absolute Gasteiger partial charge is 0.377 e. The number of anilines is 1. The maximum Gasteiger partial charge on any atom is 0.191 e. The molecule has 0 aliphatic heterocycles. The molecule has 88 valence electrons. The molecule has 1 aromatic heterocycles. The summed E-state index contributed by atoms with van der Waals surface area (Å²) in [6.07, 6.45) is 0. The van der Waals surface area contributed by atoms with E-state index in [-0.39, 0.29) is 5.78 Å². The molecule has 0 saturated heterocycles. The Bertz CT molecular complexity index is 522. The van der Waals surface area contributed by atoms with Crippen LogP contribution in [-0.2, 0) is 0 Å². The fourth-order valence-corrected chi connectivity index (χ4v) is 2.32. The van der Waals surface area contributed by atoms with Crippen molar-refractivity contribution in [3.63, 3.8) is 0 Å². The number of carbonyl (C=O) groups is 1. The lowest BCUT2D eigenvalue weighted by Crippen LogP contribution is -2.13. The molecule has 4 heteroatoms. The van der Waals surface area contributed by atoms with Crippen molar-refractivity contribution in [2.24, 2.45) is 0 Å². The maximum absolute atomic E-state index is 11.8. The van der Waals surface area contributed by atoms with Crippen LogP contribution >= 0.6 is 22.9 Å². The second-order valence-corrected chi connectivity index (χ2v) is 5.10. The van der Waals surface area contributed by atoms with Crippen molar-refractivity contribution in [1.82, 2.24) is 0 Å². The van der Waals surface area contributed by atoms with E-state index in [1.54, 1.807) is 0 Å². The molecule has 0 aliphatic carbocycles. The summed E-state index contributed by atoms with van der Waals surface area (Å²) in [6.45, 7) is 2.27. The molecule has 0 radical (unpaired) electrons. The quantitative estimate of drug-likeness (QED) is 0.847. The summed E-state index contributed by atoms with van der Waals surface area (Å²) in [5, 5.41) is 5.68. The summed E-state index contributed by atoms with van der Waals surface area (Å²) in [7, 11) is 0. The molecule has 0 spiro atoms. The van der Waals surface area contributed by atoms with Gasteiger partial charge in [-0.25, -0.2) is 0 Å². The average molecular weight is 266 g/mol. The van der Waals surface area contributed by atoms with E-state index in [4.69, 9.17) is 11.6 Å². The van der Waals surface area contributed by atoms with Crippen molar-refractivity contribution in [1.29, 1.82) is 0 Å². The summed E-state index contributed by atoms with van der Waals surface area (Å²) in [6, 6.07) is 9.31. The first-order valence-corrected chi connectivity index (χ1v) is 6.49. The smallest absolute Gasteiger partial charge is 0.191 e. The van der Waals surface area contributed by atoms with Crippen LogP contribution in [0, 0.1) is 6.92 Å². The van der Waals surface area contributed by atoms with Crippen LogP contribution in [0.2, 0.25) is 5.02 Å². The van der Waals surface area contributed by atoms with E-state index in [1.165, 1.54) is 11.3 Å². The van der Waals surface area contributed by atoms with E-state index in [2.05, 4.69) is 5.32 Å². The molecule has 0 amide bonds. The van der Waals surface area contributed by atoms with Crippen LogP contribution < -0.4 is 5.32 Å². The summed E-state index contributed by atoms with van der Waals surface area (Å²) in [5.74, 6) is 0.0966. The normalized spacial score (nSPS) is 10.2. The summed E-state index contributed by atoms with van der Waals surface area (Å²) >= 11 is 7.37. The molecule has 0 aliphatic rings. The first kappa shape index (κ1) is 12.1. The highest BCUT2D eigenvalue weighted by Gasteiger charge is 2.07. The van der Waals surface area contributed by atoms with Crippen LogP contribution in [0.4, 0.5) is 5.69 Å². The molecular weight excluding hydrogens is 254 g/mol. The van der Waals surface area contributed by atoms with E-state index in [9.17, 15) is 4.79 Å². The van der Waals surface area contributed by atoms with Gasteiger partial charge in [0, 0.05) is 10.7 Å². The molecule has 1 heterocycles. The number of carbonyl (C=O) groups excluding carboxylic acids is 1. The number of hydrogen-bond acceptors (Lipinski definition) is 3. The van der Waals surface area contributed by atoms with E-state index in [1.807, 2.05) is 42.6 Å². The van der Waals surface area contributed by atoms with Gasteiger partial charge in [-0.05, 0) is 36.1 Å². The zero-order valence-electron chi connectivity index (χ0n) is 9.37. The number of hydrogen-bond donors (Lipinski definition) is 1. The van der Waals surface area contributed by atoms with Crippen LogP contribution in [-0.4, -0.2) is 12.3 Å². The predicted octanol–water partition coefficient (Wildman–Crippen LogP) is 4.00. The molecule has 2 aromatic rings. The lowest BCUT2D eigenvalue weighted by molar-refractivity contribution is 0.101. The Morgan fingerprint density at radius 1 is 1.41 bits per heavy atom. The van der Waals surface area contributed by atoms with Gasteiger partial charge in [0.1, 0.15) is 0 Å². The van der Waals surface area contributed by atoms with Crippen molar-refractivity contribution in [3.8, 4) is 0 Å². The number of benzene rings is 1. The molecular formula is C13H12ClNOS. The first-order valence-electron chi connectivity index (χ1n) is 5.23. The third-order valence-electron chi connectivity index (χ3n) is 2.44. The Balaban J connectivity index is 2.03. The SMILES string of the molecule is Cc1ccc(Cl)cc1NCC(=O)c1cccs1. The topological polar surface area (TPSA) is 29.1 Å². The summed E-state index contributed by atoms with van der Waals surface area (Å²) in [4.78, 5) is 12.6. The average Bonchev–Trinajstić information content (AvgIpc) is 2.83. The molecule has 2 rings (SSSR count). The predicted molar refractivity (Wildman–Crippen MR) is 73.3 cm³/mol. The molecule has 0 saturated carbocycles. The summed E-state index contributed by atoms with van der Waals surface area (Å²) in [5.41, 5.74) is 1.98. The minimum absolute atomic E-state index is 0.0966. The van der Waals surface area contributed by atoms with Crippen LogP contribution in [0.25, 0.3) is 0 Å². The number of thiophene rings is 1. The number of nitrogens with one attached hydrogen (secondary N) is 1. The second kappa shape index (κ2) is 5.34. The molecule has 17 heavy (non-hydrogen) atoms. The van der Waals surface area contributed by atoms with Crippen molar-refractivity contribution in [2.45, 2.75) is 6.92 Å². The van der Waals surface area contributed by atoms with Gasteiger partial charge in [-0.15, -0.1) is 11.3 Å². The Kier molecular flexibility index (Phi) is 3.82. The highest BCUT2D eigenvalue weighted by atomic mass is 35.5. The lowest BCUT2D eigenvalue weighted by atomic mass is 10.2. The van der Waals surface area contributed by atoms with Crippen molar-refractivity contribution in [3.05, 3.63) is 51.2 Å². The van der Waals surface area contributed by atoms with Crippen LogP contribution in [0.3, 0.4) is 0 Å². The van der Waals surface area contributed by atoms with Gasteiger partial charge in [-0.2, -0.15) is 0 Å². The lowest BCUT2D eigenvalue weighted by Gasteiger charge is -2.08. The van der Waals surface area contributed by atoms with E-state index in [0.717, 1.165) is 16.1 Å². The Hall–Kier alpha value is -1.32. The number of Topliss-reactive ketones (excluding diaryl/α,β-unsaturated/α-hetero) is 1. The molecule has 0 atom stereocenters. The van der Waals surface area contributed by atoms with Crippen LogP contribution in [0.15, 0.2) is 35.7 Å². The Morgan fingerprint density at radius 3 is 2.94 bits per heavy atom. The molecule has 1 N–H and O–H groups in total. The van der Waals surface area contributed by atoms with Crippen molar-refractivity contribution in [2.75, 3.05) is 11.9 Å². The highest BCUT2D eigenvalue weighted by Crippen LogP contribution is 2.20. The zero-order valence-corrected chi connectivity index (χ0v) is 10.9. The minimum Gasteiger partial charge on any atom is -0.377 e. The van der Waals surface area contributed by atoms with Crippen LogP contribution in [0.1, 0.15) is 15.2 Å². The summed E-state index contributed by atoms with van der Waals surface area (Å²) < 4.78 is 0. The zero-order chi connectivity index (χ0) is 12.3. The number of halogens is 1. The van der Waals surface area contributed by atoms with Gasteiger partial charge in [0.25, 0.3) is 0 Å². The number of ketones is 1. The fourth-order valence-electron chi connectivity index (χ4n) is 1.48. The minimum atomic E-state index is 0.0966. The van der Waals surface area contributed by atoms with Gasteiger partial charge in [-0.3, -0.25) is 4.79 Å². The molecule has 0 bridgehead atoms. The fraction of sp³-hybridized carbons (Fsp3) is 0.154. The second-order valence-electron chi connectivity index (χ2n) is 3.71. The van der Waals surface area contributed by atoms with Gasteiger partial charge in [0.15, 0.2) is 5.78 Å². The van der Waals surface area contributed by atoms with Crippen LogP contribution in [0.5, 0.6) is 0 Å². The Morgan fingerprint density at radius 2 is 2.24 bits per heavy atom. The molecule has 2 nitrogen and oxygen atoms in total. The number of rotatable bonds is 4. The molecule has 0 unspecified atom stereocenters. The van der Waals surface area contributed by atoms with Gasteiger partial charge >= 0.3 is 0 Å². The van der Waals surface area contributed by atoms with Gasteiger partial charge in [0.05, 0.1) is 11.4 Å². The van der Waals surface area contributed by atoms with E-state index < -0.39 is 0 Å². The molecule has 0 fully saturated rings. The Labute approximate surface area is 109 Å². The highest BCUT2D eigenvalue weighted by molar-refractivity contribution is 7.12. The third kappa shape index (κ3) is 3.08. The standard InChI is InChI=1S/C13H12ClNOS/c1-9-4-5-10(14)7-11(9)15-8-12(16)13-3-2-6-17-13/h2-7,15H,8H2,1H3. The first-order chi connectivity index (χ1) is 8.16. The van der Waals surface area contributed by atoms with Gasteiger partial charge < -0.3 is 5.32 Å². The van der Waals surface area contributed by atoms with Gasteiger partial charge in [-0.1, -0.05) is 23.7 Å². The van der Waals surface area contributed by atoms with E-state index in [0.29, 0.717) is 11.6 Å². The monoisotopic (exact) mass is 265 g/mol. The van der Waals surface area contributed by atoms with Gasteiger partial charge in [0.2, 0.25) is 0 Å². The number of aryl methyl sites for hydroxylation is 1. The van der Waals surface area contributed by atoms with E-state index >= 15 is 0 Å². The molecule has 1 aromatic carbocycles. The maximum atomic E-state index is 11.8.